The molecule has 1 aromatic carbocycles. The van der Waals surface area contributed by atoms with E-state index in [1.54, 1.807) is 37.4 Å². The van der Waals surface area contributed by atoms with Crippen LogP contribution in [0.3, 0.4) is 0 Å². The van der Waals surface area contributed by atoms with Crippen molar-refractivity contribution < 1.29 is 13.2 Å². The molecule has 2 aliphatic carbocycles. The van der Waals surface area contributed by atoms with Crippen LogP contribution in [0.4, 0.5) is 11.5 Å². The molecule has 1 aromatic heterocycles. The second kappa shape index (κ2) is 7.60. The number of pyridine rings is 1. The predicted octanol–water partition coefficient (Wildman–Crippen LogP) is 3.46. The number of carbonyl (C=O) groups is 1. The van der Waals surface area contributed by atoms with Crippen LogP contribution in [0.5, 0.6) is 0 Å². The van der Waals surface area contributed by atoms with E-state index in [0.29, 0.717) is 28.0 Å². The van der Waals surface area contributed by atoms with E-state index in [4.69, 9.17) is 0 Å². The number of piperidine rings is 1. The molecule has 2 saturated carbocycles. The van der Waals surface area contributed by atoms with Gasteiger partial charge < -0.3 is 10.2 Å². The van der Waals surface area contributed by atoms with E-state index < -0.39 is 10.0 Å². The maximum Gasteiger partial charge on any atom is 0.259 e. The third kappa shape index (κ3) is 4.32. The van der Waals surface area contributed by atoms with E-state index in [1.165, 1.54) is 18.9 Å². The maximum atomic E-state index is 13.1. The molecule has 1 saturated heterocycles. The van der Waals surface area contributed by atoms with Gasteiger partial charge in [0.1, 0.15) is 5.82 Å². The molecule has 0 radical (unpaired) electrons. The highest BCUT2D eigenvalue weighted by atomic mass is 32.2. The minimum Gasteiger partial charge on any atom is -0.356 e. The van der Waals surface area contributed by atoms with Crippen molar-refractivity contribution in [2.75, 3.05) is 23.3 Å². The number of rotatable bonds is 6. The predicted molar refractivity (Wildman–Crippen MR) is 120 cm³/mol. The van der Waals surface area contributed by atoms with E-state index >= 15 is 0 Å². The molecule has 3 fully saturated rings. The van der Waals surface area contributed by atoms with Crippen LogP contribution in [0.15, 0.2) is 41.4 Å². The van der Waals surface area contributed by atoms with Crippen molar-refractivity contribution in [2.24, 2.45) is 5.41 Å². The zero-order valence-electron chi connectivity index (χ0n) is 17.7. The fourth-order valence-corrected chi connectivity index (χ4v) is 5.92. The zero-order chi connectivity index (χ0) is 21.6. The Labute approximate surface area is 183 Å². The third-order valence-electron chi connectivity index (χ3n) is 6.75. The zero-order valence-corrected chi connectivity index (χ0v) is 18.5. The summed E-state index contributed by atoms with van der Waals surface area (Å²) in [5.74, 6) is 0.419. The van der Waals surface area contributed by atoms with E-state index in [9.17, 15) is 13.2 Å². The largest absolute Gasteiger partial charge is 0.356 e. The van der Waals surface area contributed by atoms with Gasteiger partial charge in [-0.2, -0.15) is 0 Å². The van der Waals surface area contributed by atoms with Crippen LogP contribution in [0.2, 0.25) is 0 Å². The number of hydrogen-bond acceptors (Lipinski definition) is 5. The third-order valence-corrected chi connectivity index (χ3v) is 8.41. The molecule has 0 atom stereocenters. The van der Waals surface area contributed by atoms with Crippen molar-refractivity contribution in [3.8, 4) is 0 Å². The number of nitrogens with one attached hydrogen (secondary N) is 2. The van der Waals surface area contributed by atoms with E-state index in [1.807, 2.05) is 0 Å². The Hall–Kier alpha value is -2.45. The average molecular weight is 441 g/mol. The lowest BCUT2D eigenvalue weighted by Gasteiger charge is -2.33. The Morgan fingerprint density at radius 1 is 1.13 bits per heavy atom. The monoisotopic (exact) mass is 440 g/mol. The number of carbonyl (C=O) groups excluding carboxylic acids is 1. The molecule has 2 heterocycles. The molecule has 0 unspecified atom stereocenters. The van der Waals surface area contributed by atoms with Crippen LogP contribution in [0, 0.1) is 12.3 Å². The fraction of sp³-hybridized carbons (Fsp3) is 0.478. The standard InChI is InChI=1S/C23H28N4O3S/c1-16-4-5-18(15-20(16)31(29,30)26-17-6-7-17)25-22(28)19-3-2-12-24-21(19)27-13-10-23(8-9-23)11-14-27/h2-5,12,15,17,26H,6-11,13-14H2,1H3,(H,25,28). The van der Waals surface area contributed by atoms with Crippen molar-refractivity contribution in [3.63, 3.8) is 0 Å². The van der Waals surface area contributed by atoms with Crippen molar-refractivity contribution >= 4 is 27.4 Å². The first-order chi connectivity index (χ1) is 14.9. The van der Waals surface area contributed by atoms with Crippen molar-refractivity contribution in [1.29, 1.82) is 0 Å². The SMILES string of the molecule is Cc1ccc(NC(=O)c2cccnc2N2CCC3(CC2)CC3)cc1S(=O)(=O)NC1CC1. The summed E-state index contributed by atoms with van der Waals surface area (Å²) in [5.41, 5.74) is 2.16. The summed E-state index contributed by atoms with van der Waals surface area (Å²) in [5, 5.41) is 2.88. The lowest BCUT2D eigenvalue weighted by Crippen LogP contribution is -2.36. The van der Waals surface area contributed by atoms with Gasteiger partial charge in [0.15, 0.2) is 0 Å². The van der Waals surface area contributed by atoms with Crippen LogP contribution < -0.4 is 14.9 Å². The van der Waals surface area contributed by atoms with Gasteiger partial charge in [-0.3, -0.25) is 4.79 Å². The van der Waals surface area contributed by atoms with Crippen LogP contribution in [0.1, 0.15) is 54.4 Å². The first-order valence-corrected chi connectivity index (χ1v) is 12.5. The van der Waals surface area contributed by atoms with E-state index in [-0.39, 0.29) is 16.8 Å². The van der Waals surface area contributed by atoms with Crippen LogP contribution in [-0.4, -0.2) is 38.4 Å². The molecule has 2 N–H and O–H groups in total. The molecule has 31 heavy (non-hydrogen) atoms. The number of anilines is 2. The first kappa shape index (κ1) is 20.5. The fourth-order valence-electron chi connectivity index (χ4n) is 4.35. The van der Waals surface area contributed by atoms with Crippen LogP contribution in [-0.2, 0) is 10.0 Å². The van der Waals surface area contributed by atoms with Gasteiger partial charge in [0, 0.05) is 31.0 Å². The number of nitrogens with zero attached hydrogens (tertiary/aromatic N) is 2. The van der Waals surface area contributed by atoms with Crippen molar-refractivity contribution in [3.05, 3.63) is 47.7 Å². The van der Waals surface area contributed by atoms with Gasteiger partial charge in [-0.25, -0.2) is 18.1 Å². The lowest BCUT2D eigenvalue weighted by molar-refractivity contribution is 0.102. The molecule has 1 amide bonds. The van der Waals surface area contributed by atoms with Gasteiger partial charge in [-0.05, 0) is 80.7 Å². The molecular formula is C23H28N4O3S. The topological polar surface area (TPSA) is 91.4 Å². The summed E-state index contributed by atoms with van der Waals surface area (Å²) in [4.78, 5) is 20.0. The summed E-state index contributed by atoms with van der Waals surface area (Å²) < 4.78 is 28.1. The molecule has 5 rings (SSSR count). The van der Waals surface area contributed by atoms with Gasteiger partial charge in [0.05, 0.1) is 10.5 Å². The molecule has 1 aliphatic heterocycles. The Kier molecular flexibility index (Phi) is 5.01. The number of hydrogen-bond donors (Lipinski definition) is 2. The average Bonchev–Trinajstić information content (AvgIpc) is 3.69. The molecule has 7 nitrogen and oxygen atoms in total. The molecular weight excluding hydrogens is 412 g/mol. The molecule has 3 aliphatic rings. The van der Waals surface area contributed by atoms with Crippen LogP contribution >= 0.6 is 0 Å². The van der Waals surface area contributed by atoms with Crippen molar-refractivity contribution in [2.45, 2.75) is 56.4 Å². The number of amides is 1. The number of benzene rings is 1. The highest BCUT2D eigenvalue weighted by molar-refractivity contribution is 7.89. The van der Waals surface area contributed by atoms with E-state index in [2.05, 4.69) is 19.9 Å². The summed E-state index contributed by atoms with van der Waals surface area (Å²) in [6.45, 7) is 3.59. The summed E-state index contributed by atoms with van der Waals surface area (Å²) in [6, 6.07) is 8.55. The van der Waals surface area contributed by atoms with Gasteiger partial charge in [0.2, 0.25) is 10.0 Å². The highest BCUT2D eigenvalue weighted by Crippen LogP contribution is 2.53. The lowest BCUT2D eigenvalue weighted by atomic mass is 9.93. The van der Waals surface area contributed by atoms with Crippen LogP contribution in [0.25, 0.3) is 0 Å². The molecule has 1 spiro atoms. The molecule has 0 bridgehead atoms. The number of aryl methyl sites for hydroxylation is 1. The minimum atomic E-state index is -3.60. The normalized spacial score (nSPS) is 20.0. The molecule has 8 heteroatoms. The smallest absolute Gasteiger partial charge is 0.259 e. The van der Waals surface area contributed by atoms with Crippen molar-refractivity contribution in [1.82, 2.24) is 9.71 Å². The maximum absolute atomic E-state index is 13.1. The second-order valence-electron chi connectivity index (χ2n) is 9.19. The first-order valence-electron chi connectivity index (χ1n) is 11.0. The summed E-state index contributed by atoms with van der Waals surface area (Å²) in [7, 11) is -3.60. The Bertz CT molecular complexity index is 1110. The second-order valence-corrected chi connectivity index (χ2v) is 10.9. The highest BCUT2D eigenvalue weighted by Gasteiger charge is 2.44. The Balaban J connectivity index is 1.35. The summed E-state index contributed by atoms with van der Waals surface area (Å²) >= 11 is 0. The number of sulfonamides is 1. The number of aromatic nitrogens is 1. The Morgan fingerprint density at radius 2 is 1.87 bits per heavy atom. The van der Waals surface area contributed by atoms with Gasteiger partial charge in [0.25, 0.3) is 5.91 Å². The Morgan fingerprint density at radius 3 is 2.55 bits per heavy atom. The molecule has 164 valence electrons. The van der Waals surface area contributed by atoms with Gasteiger partial charge in [-0.15, -0.1) is 0 Å². The summed E-state index contributed by atoms with van der Waals surface area (Å²) in [6.07, 6.45) is 8.41. The van der Waals surface area contributed by atoms with E-state index in [0.717, 1.165) is 38.8 Å². The quantitative estimate of drug-likeness (QED) is 0.718. The van der Waals surface area contributed by atoms with Gasteiger partial charge >= 0.3 is 0 Å². The van der Waals surface area contributed by atoms with Gasteiger partial charge in [-0.1, -0.05) is 6.07 Å². The molecule has 2 aromatic rings. The minimum absolute atomic E-state index is 0.0277.